The highest BCUT2D eigenvalue weighted by molar-refractivity contribution is 5.82. The smallest absolute Gasteiger partial charge is 0.407 e. The van der Waals surface area contributed by atoms with Gasteiger partial charge in [0, 0.05) is 24.7 Å². The number of benzene rings is 1. The summed E-state index contributed by atoms with van der Waals surface area (Å²) in [4.78, 5) is 30.0. The molecular weight excluding hydrogens is 346 g/mol. The van der Waals surface area contributed by atoms with Gasteiger partial charge in [-0.25, -0.2) is 9.78 Å². The van der Waals surface area contributed by atoms with Crippen LogP contribution in [0, 0.1) is 6.92 Å². The molecule has 1 aromatic heterocycles. The van der Waals surface area contributed by atoms with Crippen LogP contribution in [-0.4, -0.2) is 47.6 Å². The van der Waals surface area contributed by atoms with E-state index in [9.17, 15) is 9.59 Å². The molecule has 2 aromatic rings. The highest BCUT2D eigenvalue weighted by atomic mass is 16.5. The maximum atomic E-state index is 12.3. The average Bonchev–Trinajstić information content (AvgIpc) is 3.14. The number of hydrogen-bond acceptors (Lipinski definition) is 5. The van der Waals surface area contributed by atoms with E-state index in [0.29, 0.717) is 19.0 Å². The molecule has 7 heteroatoms. The molecule has 2 heterocycles. The van der Waals surface area contributed by atoms with Gasteiger partial charge in [0.25, 0.3) is 0 Å². The molecule has 0 saturated carbocycles. The number of aromatic nitrogens is 1. The number of amides is 2. The minimum absolute atomic E-state index is 0.0896. The largest absolute Gasteiger partial charge is 0.472 e. The van der Waals surface area contributed by atoms with Crippen LogP contribution in [0.4, 0.5) is 4.79 Å². The number of nitrogens with zero attached hydrogens (tertiary/aromatic N) is 2. The second-order valence-corrected chi connectivity index (χ2v) is 6.40. The van der Waals surface area contributed by atoms with Crippen molar-refractivity contribution in [1.82, 2.24) is 15.2 Å². The van der Waals surface area contributed by atoms with E-state index >= 15 is 0 Å². The van der Waals surface area contributed by atoms with Crippen LogP contribution >= 0.6 is 0 Å². The number of carbonyl (C=O) groups is 2. The van der Waals surface area contributed by atoms with Crippen LogP contribution in [0.1, 0.15) is 17.7 Å². The molecule has 1 unspecified atom stereocenters. The van der Waals surface area contributed by atoms with Crippen molar-refractivity contribution in [2.24, 2.45) is 0 Å². The number of rotatable bonds is 6. The minimum atomic E-state index is -0.608. The standard InChI is InChI=1S/C20H23N3O4/c1-15-6-5-9-18(22-15)27-17-10-11-23(13-17)19(24)12-21-20(25)26-14-16-7-3-2-4-8-16/h2-9,17H,10-14H2,1H3,(H,21,25). The number of carbonyl (C=O) groups excluding carboxylic acids is 2. The van der Waals surface area contributed by atoms with Crippen molar-refractivity contribution in [3.8, 4) is 5.88 Å². The first-order chi connectivity index (χ1) is 13.1. The van der Waals surface area contributed by atoms with Gasteiger partial charge in [-0.3, -0.25) is 4.79 Å². The fraction of sp³-hybridized carbons (Fsp3) is 0.350. The Hall–Kier alpha value is -3.09. The van der Waals surface area contributed by atoms with E-state index in [1.807, 2.05) is 55.5 Å². The van der Waals surface area contributed by atoms with Gasteiger partial charge in [-0.05, 0) is 18.6 Å². The molecule has 1 aliphatic heterocycles. The van der Waals surface area contributed by atoms with Gasteiger partial charge in [-0.2, -0.15) is 0 Å². The Kier molecular flexibility index (Phi) is 6.25. The third-order valence-corrected chi connectivity index (χ3v) is 4.24. The summed E-state index contributed by atoms with van der Waals surface area (Å²) in [5.74, 6) is 0.409. The molecule has 2 amide bonds. The highest BCUT2D eigenvalue weighted by Crippen LogP contribution is 2.16. The van der Waals surface area contributed by atoms with Crippen molar-refractivity contribution in [1.29, 1.82) is 0 Å². The first-order valence-electron chi connectivity index (χ1n) is 8.93. The van der Waals surface area contributed by atoms with Gasteiger partial charge in [-0.15, -0.1) is 0 Å². The molecule has 7 nitrogen and oxygen atoms in total. The van der Waals surface area contributed by atoms with E-state index in [0.717, 1.165) is 17.7 Å². The summed E-state index contributed by atoms with van der Waals surface area (Å²) in [7, 11) is 0. The van der Waals surface area contributed by atoms with Crippen molar-refractivity contribution in [2.75, 3.05) is 19.6 Å². The number of nitrogens with one attached hydrogen (secondary N) is 1. The normalized spacial score (nSPS) is 16.0. The van der Waals surface area contributed by atoms with E-state index in [-0.39, 0.29) is 25.2 Å². The zero-order valence-corrected chi connectivity index (χ0v) is 15.3. The van der Waals surface area contributed by atoms with Crippen LogP contribution < -0.4 is 10.1 Å². The fourth-order valence-corrected chi connectivity index (χ4v) is 2.84. The van der Waals surface area contributed by atoms with Gasteiger partial charge in [0.15, 0.2) is 0 Å². The number of ether oxygens (including phenoxy) is 2. The van der Waals surface area contributed by atoms with Gasteiger partial charge < -0.3 is 19.7 Å². The summed E-state index contributed by atoms with van der Waals surface area (Å²) < 4.78 is 10.9. The Bertz CT molecular complexity index is 782. The van der Waals surface area contributed by atoms with Crippen molar-refractivity contribution in [2.45, 2.75) is 26.1 Å². The predicted octanol–water partition coefficient (Wildman–Crippen LogP) is 2.30. The molecule has 1 N–H and O–H groups in total. The molecule has 0 bridgehead atoms. The number of hydrogen-bond donors (Lipinski definition) is 1. The molecule has 1 aromatic carbocycles. The van der Waals surface area contributed by atoms with Crippen LogP contribution in [0.25, 0.3) is 0 Å². The SMILES string of the molecule is Cc1cccc(OC2CCN(C(=O)CNC(=O)OCc3ccccc3)C2)n1. The lowest BCUT2D eigenvalue weighted by atomic mass is 10.2. The Labute approximate surface area is 158 Å². The zero-order valence-electron chi connectivity index (χ0n) is 15.3. The molecule has 27 heavy (non-hydrogen) atoms. The number of pyridine rings is 1. The number of aryl methyl sites for hydroxylation is 1. The van der Waals surface area contributed by atoms with E-state index in [1.165, 1.54) is 0 Å². The van der Waals surface area contributed by atoms with Gasteiger partial charge >= 0.3 is 6.09 Å². The van der Waals surface area contributed by atoms with Crippen molar-refractivity contribution in [3.05, 3.63) is 59.8 Å². The Balaban J connectivity index is 1.38. The first kappa shape index (κ1) is 18.7. The number of likely N-dealkylation sites (tertiary alicyclic amines) is 1. The molecule has 1 aliphatic rings. The molecule has 1 fully saturated rings. The third-order valence-electron chi connectivity index (χ3n) is 4.24. The van der Waals surface area contributed by atoms with Crippen molar-refractivity contribution < 1.29 is 19.1 Å². The Morgan fingerprint density at radius 1 is 1.19 bits per heavy atom. The van der Waals surface area contributed by atoms with Gasteiger partial charge in [-0.1, -0.05) is 36.4 Å². The predicted molar refractivity (Wildman–Crippen MR) is 99.2 cm³/mol. The summed E-state index contributed by atoms with van der Waals surface area (Å²) in [5, 5.41) is 2.50. The maximum absolute atomic E-state index is 12.3. The lowest BCUT2D eigenvalue weighted by Crippen LogP contribution is -2.40. The fourth-order valence-electron chi connectivity index (χ4n) is 2.84. The summed E-state index contributed by atoms with van der Waals surface area (Å²) in [6.07, 6.45) is 0.0382. The first-order valence-corrected chi connectivity index (χ1v) is 8.93. The molecule has 1 atom stereocenters. The lowest BCUT2D eigenvalue weighted by molar-refractivity contribution is -0.129. The molecule has 0 radical (unpaired) electrons. The van der Waals surface area contributed by atoms with E-state index in [2.05, 4.69) is 10.3 Å². The monoisotopic (exact) mass is 369 g/mol. The lowest BCUT2D eigenvalue weighted by Gasteiger charge is -2.17. The molecule has 1 saturated heterocycles. The Morgan fingerprint density at radius 3 is 2.78 bits per heavy atom. The van der Waals surface area contributed by atoms with Crippen LogP contribution in [0.15, 0.2) is 48.5 Å². The quantitative estimate of drug-likeness (QED) is 0.845. The topological polar surface area (TPSA) is 80.8 Å². The van der Waals surface area contributed by atoms with Gasteiger partial charge in [0.05, 0.1) is 6.54 Å². The molecule has 142 valence electrons. The molecule has 3 rings (SSSR count). The van der Waals surface area contributed by atoms with Crippen LogP contribution in [-0.2, 0) is 16.1 Å². The molecular formula is C20H23N3O4. The number of alkyl carbamates (subject to hydrolysis) is 1. The maximum Gasteiger partial charge on any atom is 0.407 e. The van der Waals surface area contributed by atoms with Gasteiger partial charge in [0.2, 0.25) is 11.8 Å². The van der Waals surface area contributed by atoms with Crippen molar-refractivity contribution in [3.63, 3.8) is 0 Å². The van der Waals surface area contributed by atoms with E-state index in [4.69, 9.17) is 9.47 Å². The van der Waals surface area contributed by atoms with E-state index < -0.39 is 6.09 Å². The zero-order chi connectivity index (χ0) is 19.1. The molecule has 0 spiro atoms. The Morgan fingerprint density at radius 2 is 2.00 bits per heavy atom. The van der Waals surface area contributed by atoms with Crippen molar-refractivity contribution >= 4 is 12.0 Å². The third kappa shape index (κ3) is 5.70. The summed E-state index contributed by atoms with van der Waals surface area (Å²) in [5.41, 5.74) is 1.78. The second-order valence-electron chi connectivity index (χ2n) is 6.40. The highest BCUT2D eigenvalue weighted by Gasteiger charge is 2.28. The van der Waals surface area contributed by atoms with Crippen LogP contribution in [0.5, 0.6) is 5.88 Å². The van der Waals surface area contributed by atoms with Crippen LogP contribution in [0.2, 0.25) is 0 Å². The second kappa shape index (κ2) is 9.02. The molecule has 0 aliphatic carbocycles. The van der Waals surface area contributed by atoms with Gasteiger partial charge in [0.1, 0.15) is 19.3 Å². The summed E-state index contributed by atoms with van der Waals surface area (Å²) in [6.45, 7) is 3.05. The average molecular weight is 369 g/mol. The minimum Gasteiger partial charge on any atom is -0.472 e. The van der Waals surface area contributed by atoms with E-state index in [1.54, 1.807) is 4.90 Å². The van der Waals surface area contributed by atoms with Crippen LogP contribution in [0.3, 0.4) is 0 Å². The summed E-state index contributed by atoms with van der Waals surface area (Å²) in [6, 6.07) is 15.0. The summed E-state index contributed by atoms with van der Waals surface area (Å²) >= 11 is 0.